The lowest BCUT2D eigenvalue weighted by Gasteiger charge is -2.18. The van der Waals surface area contributed by atoms with E-state index in [1.54, 1.807) is 23.9 Å². The minimum atomic E-state index is -4.16. The summed E-state index contributed by atoms with van der Waals surface area (Å²) in [6, 6.07) is 0. The molecule has 1 fully saturated rings. The summed E-state index contributed by atoms with van der Waals surface area (Å²) < 4.78 is 38.6. The van der Waals surface area contributed by atoms with E-state index in [1.165, 1.54) is 4.90 Å². The van der Waals surface area contributed by atoms with Gasteiger partial charge in [-0.3, -0.25) is 9.69 Å². The van der Waals surface area contributed by atoms with Crippen LogP contribution in [0.2, 0.25) is 0 Å². The highest BCUT2D eigenvalue weighted by atomic mass is 19.4. The van der Waals surface area contributed by atoms with Crippen molar-refractivity contribution in [3.63, 3.8) is 0 Å². The van der Waals surface area contributed by atoms with Gasteiger partial charge < -0.3 is 9.88 Å². The summed E-state index contributed by atoms with van der Waals surface area (Å²) in [5.41, 5.74) is 0. The molecule has 0 bridgehead atoms. The van der Waals surface area contributed by atoms with Crippen molar-refractivity contribution in [3.8, 4) is 0 Å². The molecule has 1 aromatic heterocycles. The molecule has 8 heteroatoms. The van der Waals surface area contributed by atoms with E-state index in [2.05, 4.69) is 10.3 Å². The first kappa shape index (κ1) is 15.8. The van der Waals surface area contributed by atoms with Crippen molar-refractivity contribution in [1.29, 1.82) is 0 Å². The molecule has 0 saturated carbocycles. The Morgan fingerprint density at radius 2 is 2.29 bits per heavy atom. The van der Waals surface area contributed by atoms with Crippen LogP contribution >= 0.6 is 0 Å². The number of carbonyl (C=O) groups excluding carboxylic acids is 1. The Hall–Kier alpha value is -1.57. The molecule has 1 aliphatic rings. The average Bonchev–Trinajstić information content (AvgIpc) is 2.95. The van der Waals surface area contributed by atoms with E-state index in [1.807, 2.05) is 0 Å². The van der Waals surface area contributed by atoms with Crippen molar-refractivity contribution in [1.82, 2.24) is 19.8 Å². The van der Waals surface area contributed by atoms with Gasteiger partial charge in [0.05, 0.1) is 6.54 Å². The molecule has 1 unspecified atom stereocenters. The molecular formula is C13H19F3N4O. The largest absolute Gasteiger partial charge is 0.401 e. The zero-order valence-electron chi connectivity index (χ0n) is 11.9. The highest BCUT2D eigenvalue weighted by molar-refractivity contribution is 5.75. The fourth-order valence-electron chi connectivity index (χ4n) is 2.52. The van der Waals surface area contributed by atoms with E-state index < -0.39 is 12.7 Å². The van der Waals surface area contributed by atoms with Gasteiger partial charge in [0.25, 0.3) is 0 Å². The van der Waals surface area contributed by atoms with Gasteiger partial charge in [0.1, 0.15) is 12.4 Å². The summed E-state index contributed by atoms with van der Waals surface area (Å²) >= 11 is 0. The van der Waals surface area contributed by atoms with Crippen LogP contribution in [0.25, 0.3) is 0 Å². The second-order valence-corrected chi connectivity index (χ2v) is 5.41. The monoisotopic (exact) mass is 304 g/mol. The van der Waals surface area contributed by atoms with Gasteiger partial charge in [-0.1, -0.05) is 0 Å². The van der Waals surface area contributed by atoms with Gasteiger partial charge in [-0.05, 0) is 25.8 Å². The third kappa shape index (κ3) is 5.04. The second kappa shape index (κ2) is 6.46. The van der Waals surface area contributed by atoms with Crippen molar-refractivity contribution < 1.29 is 18.0 Å². The number of nitrogens with one attached hydrogen (secondary N) is 1. The van der Waals surface area contributed by atoms with E-state index in [0.29, 0.717) is 26.1 Å². The van der Waals surface area contributed by atoms with Crippen LogP contribution in [-0.2, 0) is 11.3 Å². The molecule has 1 amide bonds. The summed E-state index contributed by atoms with van der Waals surface area (Å²) in [6.07, 6.45) is -0.137. The van der Waals surface area contributed by atoms with Crippen LogP contribution in [-0.4, -0.2) is 52.7 Å². The number of hydrogen-bond donors (Lipinski definition) is 1. The van der Waals surface area contributed by atoms with E-state index in [9.17, 15) is 18.0 Å². The zero-order valence-corrected chi connectivity index (χ0v) is 11.9. The Morgan fingerprint density at radius 3 is 2.90 bits per heavy atom. The minimum Gasteiger partial charge on any atom is -0.354 e. The zero-order chi connectivity index (χ0) is 15.5. The van der Waals surface area contributed by atoms with Gasteiger partial charge in [0, 0.05) is 25.5 Å². The number of alkyl halides is 3. The lowest BCUT2D eigenvalue weighted by molar-refractivity contribution is -0.143. The Bertz CT molecular complexity index is 486. The van der Waals surface area contributed by atoms with Gasteiger partial charge in [-0.15, -0.1) is 0 Å². The first-order valence-electron chi connectivity index (χ1n) is 6.87. The highest BCUT2D eigenvalue weighted by Crippen LogP contribution is 2.22. The molecule has 118 valence electrons. The number of halogens is 3. The number of carbonyl (C=O) groups is 1. The lowest BCUT2D eigenvalue weighted by atomic mass is 10.1. The molecule has 0 spiro atoms. The molecule has 0 aliphatic carbocycles. The van der Waals surface area contributed by atoms with E-state index >= 15 is 0 Å². The predicted octanol–water partition coefficient (Wildman–Crippen LogP) is 1.19. The molecule has 1 aliphatic heterocycles. The number of imidazole rings is 1. The van der Waals surface area contributed by atoms with Crippen LogP contribution in [0.3, 0.4) is 0 Å². The van der Waals surface area contributed by atoms with Crippen LogP contribution in [0.15, 0.2) is 12.4 Å². The Kier molecular flexibility index (Phi) is 4.87. The number of amides is 1. The van der Waals surface area contributed by atoms with Crippen LogP contribution in [0, 0.1) is 12.8 Å². The Balaban J connectivity index is 1.70. The maximum Gasteiger partial charge on any atom is 0.401 e. The Morgan fingerprint density at radius 1 is 1.52 bits per heavy atom. The molecule has 21 heavy (non-hydrogen) atoms. The van der Waals surface area contributed by atoms with Crippen LogP contribution < -0.4 is 5.32 Å². The maximum atomic E-state index is 12.3. The van der Waals surface area contributed by atoms with Crippen molar-refractivity contribution >= 4 is 5.91 Å². The standard InChI is InChI=1S/C13H19F3N4O/c1-10-17-3-5-20(10)8-12(21)18-6-11-2-4-19(7-11)9-13(14,15)16/h3,5,11H,2,4,6-9H2,1H3,(H,18,21). The third-order valence-electron chi connectivity index (χ3n) is 3.60. The average molecular weight is 304 g/mol. The molecule has 5 nitrogen and oxygen atoms in total. The van der Waals surface area contributed by atoms with E-state index in [-0.39, 0.29) is 18.4 Å². The van der Waals surface area contributed by atoms with E-state index in [4.69, 9.17) is 0 Å². The molecule has 0 radical (unpaired) electrons. The van der Waals surface area contributed by atoms with E-state index in [0.717, 1.165) is 5.82 Å². The molecular weight excluding hydrogens is 285 g/mol. The number of rotatable bonds is 5. The minimum absolute atomic E-state index is 0.0835. The first-order valence-corrected chi connectivity index (χ1v) is 6.87. The highest BCUT2D eigenvalue weighted by Gasteiger charge is 2.34. The summed E-state index contributed by atoms with van der Waals surface area (Å²) in [5, 5.41) is 2.78. The van der Waals surface area contributed by atoms with Crippen LogP contribution in [0.5, 0.6) is 0 Å². The van der Waals surface area contributed by atoms with Crippen molar-refractivity contribution in [3.05, 3.63) is 18.2 Å². The summed E-state index contributed by atoms with van der Waals surface area (Å²) in [7, 11) is 0. The van der Waals surface area contributed by atoms with Gasteiger partial charge in [-0.2, -0.15) is 13.2 Å². The number of hydrogen-bond acceptors (Lipinski definition) is 3. The fraction of sp³-hybridized carbons (Fsp3) is 0.692. The summed E-state index contributed by atoms with van der Waals surface area (Å²) in [4.78, 5) is 17.2. The van der Waals surface area contributed by atoms with Crippen LogP contribution in [0.1, 0.15) is 12.2 Å². The SMILES string of the molecule is Cc1nccn1CC(=O)NCC1CCN(CC(F)(F)F)C1. The summed E-state index contributed by atoms with van der Waals surface area (Å²) in [6.45, 7) is 2.35. The van der Waals surface area contributed by atoms with Gasteiger partial charge in [-0.25, -0.2) is 4.98 Å². The molecule has 1 atom stereocenters. The number of likely N-dealkylation sites (tertiary alicyclic amines) is 1. The topological polar surface area (TPSA) is 50.2 Å². The van der Waals surface area contributed by atoms with Gasteiger partial charge in [0.2, 0.25) is 5.91 Å². The maximum absolute atomic E-state index is 12.3. The smallest absolute Gasteiger partial charge is 0.354 e. The molecule has 1 saturated heterocycles. The van der Waals surface area contributed by atoms with Crippen molar-refractivity contribution in [2.24, 2.45) is 5.92 Å². The van der Waals surface area contributed by atoms with Gasteiger partial charge >= 0.3 is 6.18 Å². The Labute approximate surface area is 121 Å². The molecule has 2 rings (SSSR count). The van der Waals surface area contributed by atoms with Crippen molar-refractivity contribution in [2.75, 3.05) is 26.2 Å². The second-order valence-electron chi connectivity index (χ2n) is 5.41. The number of nitrogens with zero attached hydrogens (tertiary/aromatic N) is 3. The number of aryl methyl sites for hydroxylation is 1. The third-order valence-corrected chi connectivity index (χ3v) is 3.60. The lowest BCUT2D eigenvalue weighted by Crippen LogP contribution is -2.35. The number of aromatic nitrogens is 2. The summed E-state index contributed by atoms with van der Waals surface area (Å²) in [5.74, 6) is 0.688. The molecule has 1 N–H and O–H groups in total. The van der Waals surface area contributed by atoms with Crippen LogP contribution in [0.4, 0.5) is 13.2 Å². The molecule has 1 aromatic rings. The van der Waals surface area contributed by atoms with Gasteiger partial charge in [0.15, 0.2) is 0 Å². The van der Waals surface area contributed by atoms with Crippen molar-refractivity contribution in [2.45, 2.75) is 26.1 Å². The quantitative estimate of drug-likeness (QED) is 0.889. The molecule has 0 aromatic carbocycles. The normalized spacial score (nSPS) is 19.9. The fourth-order valence-corrected chi connectivity index (χ4v) is 2.52. The first-order chi connectivity index (χ1) is 9.83. The predicted molar refractivity (Wildman–Crippen MR) is 70.6 cm³/mol. The molecule has 2 heterocycles.